The summed E-state index contributed by atoms with van der Waals surface area (Å²) in [5.74, 6) is 1.09. The second-order valence-electron chi connectivity index (χ2n) is 3.43. The Bertz CT molecular complexity index is 308. The highest BCUT2D eigenvalue weighted by molar-refractivity contribution is 7.99. The van der Waals surface area contributed by atoms with E-state index in [9.17, 15) is 0 Å². The lowest BCUT2D eigenvalue weighted by Gasteiger charge is -2.23. The Morgan fingerprint density at radius 2 is 2.13 bits per heavy atom. The van der Waals surface area contributed by atoms with Crippen LogP contribution in [0.2, 0.25) is 0 Å². The molecule has 0 aromatic heterocycles. The number of thioether (sulfide) groups is 1. The highest BCUT2D eigenvalue weighted by Gasteiger charge is 2.16. The zero-order valence-electron chi connectivity index (χ0n) is 8.94. The summed E-state index contributed by atoms with van der Waals surface area (Å²) in [4.78, 5) is 1.28. The van der Waals surface area contributed by atoms with E-state index in [1.807, 2.05) is 11.8 Å². The van der Waals surface area contributed by atoms with Crippen LogP contribution in [-0.2, 0) is 9.47 Å². The minimum Gasteiger partial charge on any atom is -0.348 e. The van der Waals surface area contributed by atoms with E-state index in [4.69, 9.17) is 9.47 Å². The lowest BCUT2D eigenvalue weighted by molar-refractivity contribution is -0.183. The van der Waals surface area contributed by atoms with Gasteiger partial charge in [-0.25, -0.2) is 0 Å². The highest BCUT2D eigenvalue weighted by atomic mass is 32.2. The normalized spacial score (nSPS) is 17.9. The first-order valence-electron chi connectivity index (χ1n) is 5.36. The molecule has 0 N–H and O–H groups in total. The summed E-state index contributed by atoms with van der Waals surface area (Å²) in [6.07, 6.45) is 0.844. The molecule has 1 aliphatic rings. The first-order chi connectivity index (χ1) is 7.40. The van der Waals surface area contributed by atoms with E-state index in [-0.39, 0.29) is 6.29 Å². The predicted molar refractivity (Wildman–Crippen MR) is 62.1 cm³/mol. The molecule has 0 radical (unpaired) electrons. The fraction of sp³-hybridized carbons (Fsp3) is 0.500. The fourth-order valence-electron chi connectivity index (χ4n) is 1.60. The average Bonchev–Trinajstić information content (AvgIpc) is 2.31. The van der Waals surface area contributed by atoms with Crippen LogP contribution in [0.4, 0.5) is 0 Å². The van der Waals surface area contributed by atoms with E-state index in [1.54, 1.807) is 0 Å². The third-order valence-electron chi connectivity index (χ3n) is 2.27. The third-order valence-corrected chi connectivity index (χ3v) is 3.14. The zero-order chi connectivity index (χ0) is 10.5. The molecule has 0 bridgehead atoms. The van der Waals surface area contributed by atoms with Crippen molar-refractivity contribution in [2.24, 2.45) is 0 Å². The van der Waals surface area contributed by atoms with Gasteiger partial charge in [0.1, 0.15) is 0 Å². The Labute approximate surface area is 95.0 Å². The molecule has 1 aromatic carbocycles. The van der Waals surface area contributed by atoms with Crippen molar-refractivity contribution in [3.8, 4) is 0 Å². The molecular weight excluding hydrogens is 208 g/mol. The number of hydrogen-bond donors (Lipinski definition) is 0. The van der Waals surface area contributed by atoms with Crippen molar-refractivity contribution in [3.63, 3.8) is 0 Å². The van der Waals surface area contributed by atoms with E-state index in [0.717, 1.165) is 31.0 Å². The molecule has 0 atom stereocenters. The molecule has 82 valence electrons. The SMILES string of the molecule is CCSc1cccc(C2OCCCO2)c1. The maximum absolute atomic E-state index is 5.57. The van der Waals surface area contributed by atoms with Crippen LogP contribution in [0, 0.1) is 0 Å². The maximum Gasteiger partial charge on any atom is 0.183 e. The molecule has 2 nitrogen and oxygen atoms in total. The van der Waals surface area contributed by atoms with E-state index in [1.165, 1.54) is 4.90 Å². The molecule has 2 rings (SSSR count). The maximum atomic E-state index is 5.57. The highest BCUT2D eigenvalue weighted by Crippen LogP contribution is 2.26. The summed E-state index contributed by atoms with van der Waals surface area (Å²) >= 11 is 1.84. The van der Waals surface area contributed by atoms with E-state index in [2.05, 4.69) is 31.2 Å². The predicted octanol–water partition coefficient (Wildman–Crippen LogP) is 3.23. The molecule has 0 spiro atoms. The van der Waals surface area contributed by atoms with Gasteiger partial charge in [-0.15, -0.1) is 11.8 Å². The van der Waals surface area contributed by atoms with Gasteiger partial charge in [0, 0.05) is 10.5 Å². The molecule has 15 heavy (non-hydrogen) atoms. The Balaban J connectivity index is 2.09. The average molecular weight is 224 g/mol. The first kappa shape index (κ1) is 11.0. The van der Waals surface area contributed by atoms with Crippen molar-refractivity contribution in [1.82, 2.24) is 0 Å². The minimum absolute atomic E-state index is 0.156. The van der Waals surface area contributed by atoms with Crippen LogP contribution >= 0.6 is 11.8 Å². The van der Waals surface area contributed by atoms with E-state index >= 15 is 0 Å². The molecule has 1 saturated heterocycles. The zero-order valence-corrected chi connectivity index (χ0v) is 9.76. The largest absolute Gasteiger partial charge is 0.348 e. The van der Waals surface area contributed by atoms with Crippen LogP contribution in [-0.4, -0.2) is 19.0 Å². The summed E-state index contributed by atoms with van der Waals surface area (Å²) in [5, 5.41) is 0. The number of ether oxygens (including phenoxy) is 2. The summed E-state index contributed by atoms with van der Waals surface area (Å²) in [6.45, 7) is 3.76. The smallest absolute Gasteiger partial charge is 0.183 e. The number of hydrogen-bond acceptors (Lipinski definition) is 3. The van der Waals surface area contributed by atoms with Crippen molar-refractivity contribution in [2.45, 2.75) is 24.5 Å². The van der Waals surface area contributed by atoms with Crippen LogP contribution in [0.1, 0.15) is 25.2 Å². The fourth-order valence-corrected chi connectivity index (χ4v) is 2.33. The van der Waals surface area contributed by atoms with Crippen LogP contribution in [0.15, 0.2) is 29.2 Å². The van der Waals surface area contributed by atoms with Crippen molar-refractivity contribution in [1.29, 1.82) is 0 Å². The van der Waals surface area contributed by atoms with Gasteiger partial charge in [0.25, 0.3) is 0 Å². The Hall–Kier alpha value is -0.510. The van der Waals surface area contributed by atoms with Gasteiger partial charge in [0.15, 0.2) is 6.29 Å². The third kappa shape index (κ3) is 2.97. The van der Waals surface area contributed by atoms with Crippen molar-refractivity contribution in [2.75, 3.05) is 19.0 Å². The molecule has 1 fully saturated rings. The van der Waals surface area contributed by atoms with Gasteiger partial charge in [-0.1, -0.05) is 19.1 Å². The molecule has 3 heteroatoms. The van der Waals surface area contributed by atoms with Crippen LogP contribution in [0.25, 0.3) is 0 Å². The van der Waals surface area contributed by atoms with Gasteiger partial charge >= 0.3 is 0 Å². The molecule has 0 aliphatic carbocycles. The Morgan fingerprint density at radius 3 is 2.87 bits per heavy atom. The van der Waals surface area contributed by atoms with Gasteiger partial charge in [-0.2, -0.15) is 0 Å². The molecule has 1 heterocycles. The second kappa shape index (κ2) is 5.54. The monoisotopic (exact) mass is 224 g/mol. The van der Waals surface area contributed by atoms with Crippen molar-refractivity contribution >= 4 is 11.8 Å². The molecule has 1 aliphatic heterocycles. The molecule has 0 saturated carbocycles. The van der Waals surface area contributed by atoms with Gasteiger partial charge < -0.3 is 9.47 Å². The van der Waals surface area contributed by atoms with Gasteiger partial charge in [-0.3, -0.25) is 0 Å². The number of benzene rings is 1. The lowest BCUT2D eigenvalue weighted by Crippen LogP contribution is -2.17. The van der Waals surface area contributed by atoms with Crippen molar-refractivity contribution < 1.29 is 9.47 Å². The lowest BCUT2D eigenvalue weighted by atomic mass is 10.2. The quantitative estimate of drug-likeness (QED) is 0.734. The van der Waals surface area contributed by atoms with Gasteiger partial charge in [0.05, 0.1) is 13.2 Å². The molecule has 0 amide bonds. The Kier molecular flexibility index (Phi) is 4.06. The summed E-state index contributed by atoms with van der Waals surface area (Å²) < 4.78 is 11.1. The van der Waals surface area contributed by atoms with Crippen LogP contribution in [0.5, 0.6) is 0 Å². The minimum atomic E-state index is -0.156. The van der Waals surface area contributed by atoms with E-state index < -0.39 is 0 Å². The first-order valence-corrected chi connectivity index (χ1v) is 6.34. The summed E-state index contributed by atoms with van der Waals surface area (Å²) in [7, 11) is 0. The van der Waals surface area contributed by atoms with Gasteiger partial charge in [0.2, 0.25) is 0 Å². The second-order valence-corrected chi connectivity index (χ2v) is 4.77. The van der Waals surface area contributed by atoms with Crippen molar-refractivity contribution in [3.05, 3.63) is 29.8 Å². The van der Waals surface area contributed by atoms with Crippen LogP contribution < -0.4 is 0 Å². The number of rotatable bonds is 3. The topological polar surface area (TPSA) is 18.5 Å². The molecule has 0 unspecified atom stereocenters. The molecule has 1 aromatic rings. The van der Waals surface area contributed by atoms with Gasteiger partial charge in [-0.05, 0) is 24.3 Å². The Morgan fingerprint density at radius 1 is 1.33 bits per heavy atom. The van der Waals surface area contributed by atoms with Crippen LogP contribution in [0.3, 0.4) is 0 Å². The summed E-state index contributed by atoms with van der Waals surface area (Å²) in [5.41, 5.74) is 1.13. The summed E-state index contributed by atoms with van der Waals surface area (Å²) in [6, 6.07) is 8.41. The van der Waals surface area contributed by atoms with E-state index in [0.29, 0.717) is 0 Å². The standard InChI is InChI=1S/C12H16O2S/c1-2-15-11-6-3-5-10(9-11)12-13-7-4-8-14-12/h3,5-6,9,12H,2,4,7-8H2,1H3. The molecular formula is C12H16O2S.